The Morgan fingerprint density at radius 1 is 0.525 bits per heavy atom. The average molecular weight is 877 g/mol. The molecule has 0 amide bonds. The fraction of sp³-hybridized carbons (Fsp3) is 0.936. The van der Waals surface area contributed by atoms with Gasteiger partial charge in [0.2, 0.25) is 0 Å². The van der Waals surface area contributed by atoms with Gasteiger partial charge in [-0.05, 0) is 38.5 Å². The standard InChI is InChI=1S/C47H88O14/c1-3-5-7-9-11-13-15-17-19-21-23-25-27-29-31-56-33-36(59-39(49)30-28-26-24-22-20-18-16-14-12-10-8-6-4-2)34-57-46-45(55)43(53)41(51)38(61-46)35-58-47-44(54)42(52)40(50)37(32-48)60-47/h14,16,36-38,40-48,50-55H,3-13,15,17-35H2,1-2H3/b16-14-. The number of allylic oxidation sites excluding steroid dienone is 2. The van der Waals surface area contributed by atoms with Crippen LogP contribution in [0.15, 0.2) is 12.2 Å². The number of rotatable bonds is 38. The Hall–Kier alpha value is -1.27. The van der Waals surface area contributed by atoms with E-state index in [1.807, 2.05) is 0 Å². The van der Waals surface area contributed by atoms with Crippen LogP contribution in [0, 0.1) is 0 Å². The third-order valence-electron chi connectivity index (χ3n) is 11.8. The number of unbranched alkanes of at least 4 members (excludes halogenated alkanes) is 22. The molecule has 0 spiro atoms. The molecule has 14 nitrogen and oxygen atoms in total. The molecule has 14 heteroatoms. The summed E-state index contributed by atoms with van der Waals surface area (Å²) in [4.78, 5) is 12.9. The number of ether oxygens (including phenoxy) is 6. The molecular formula is C47H88O14. The third kappa shape index (κ3) is 24.6. The molecule has 2 fully saturated rings. The first-order chi connectivity index (χ1) is 29.6. The van der Waals surface area contributed by atoms with Crippen LogP contribution in [0.5, 0.6) is 0 Å². The first kappa shape index (κ1) is 55.9. The van der Waals surface area contributed by atoms with Crippen LogP contribution < -0.4 is 0 Å². The van der Waals surface area contributed by atoms with E-state index in [2.05, 4.69) is 26.0 Å². The zero-order valence-corrected chi connectivity index (χ0v) is 37.9. The SMILES string of the molecule is CCCCCC/C=C\CCCCCCCC(=O)OC(COCCCCCCCCCCCCCCCC)COC1OC(COC2OC(CO)C(O)C(O)C2O)C(O)C(O)C1O. The minimum absolute atomic E-state index is 0.0634. The smallest absolute Gasteiger partial charge is 0.306 e. The van der Waals surface area contributed by atoms with E-state index in [9.17, 15) is 40.5 Å². The van der Waals surface area contributed by atoms with Crippen LogP contribution in [0.4, 0.5) is 0 Å². The second-order valence-corrected chi connectivity index (χ2v) is 17.3. The quantitative estimate of drug-likeness (QED) is 0.0206. The van der Waals surface area contributed by atoms with E-state index in [-0.39, 0.29) is 25.6 Å². The highest BCUT2D eigenvalue weighted by Crippen LogP contribution is 2.26. The molecule has 0 radical (unpaired) electrons. The van der Waals surface area contributed by atoms with Crippen LogP contribution in [0.25, 0.3) is 0 Å². The van der Waals surface area contributed by atoms with Crippen molar-refractivity contribution in [2.45, 2.75) is 248 Å². The Labute approximate surface area is 367 Å². The lowest BCUT2D eigenvalue weighted by atomic mass is 9.98. The zero-order valence-electron chi connectivity index (χ0n) is 37.9. The van der Waals surface area contributed by atoms with Crippen molar-refractivity contribution in [1.82, 2.24) is 0 Å². The normalized spacial score (nSPS) is 27.5. The fourth-order valence-corrected chi connectivity index (χ4v) is 7.75. The van der Waals surface area contributed by atoms with Crippen LogP contribution in [0.3, 0.4) is 0 Å². The lowest BCUT2D eigenvalue weighted by Crippen LogP contribution is -2.61. The molecule has 2 aliphatic heterocycles. The van der Waals surface area contributed by atoms with E-state index in [1.54, 1.807) is 0 Å². The summed E-state index contributed by atoms with van der Waals surface area (Å²) in [6.45, 7) is 3.67. The van der Waals surface area contributed by atoms with Gasteiger partial charge in [0.1, 0.15) is 54.9 Å². The summed E-state index contributed by atoms with van der Waals surface area (Å²) in [6, 6.07) is 0. The number of carbonyl (C=O) groups excluding carboxylic acids is 1. The van der Waals surface area contributed by atoms with Gasteiger partial charge in [-0.1, -0.05) is 148 Å². The summed E-state index contributed by atoms with van der Waals surface area (Å²) >= 11 is 0. The molecule has 2 aliphatic rings. The molecule has 7 N–H and O–H groups in total. The predicted octanol–water partition coefficient (Wildman–Crippen LogP) is 6.29. The topological polar surface area (TPSA) is 214 Å². The van der Waals surface area contributed by atoms with Crippen LogP contribution in [0.2, 0.25) is 0 Å². The highest BCUT2D eigenvalue weighted by Gasteiger charge is 2.47. The molecular weight excluding hydrogens is 789 g/mol. The minimum atomic E-state index is -1.70. The van der Waals surface area contributed by atoms with E-state index in [0.29, 0.717) is 13.0 Å². The third-order valence-corrected chi connectivity index (χ3v) is 11.8. The number of aliphatic hydroxyl groups is 7. The molecule has 0 aromatic carbocycles. The number of aliphatic hydroxyl groups excluding tert-OH is 7. The molecule has 2 rings (SSSR count). The van der Waals surface area contributed by atoms with Gasteiger partial charge in [0.25, 0.3) is 0 Å². The Balaban J connectivity index is 1.80. The monoisotopic (exact) mass is 877 g/mol. The Morgan fingerprint density at radius 3 is 1.51 bits per heavy atom. The van der Waals surface area contributed by atoms with Gasteiger partial charge in [0.15, 0.2) is 12.6 Å². The summed E-state index contributed by atoms with van der Waals surface area (Å²) in [5.74, 6) is -0.383. The number of hydrogen-bond donors (Lipinski definition) is 7. The van der Waals surface area contributed by atoms with Gasteiger partial charge < -0.3 is 64.2 Å². The van der Waals surface area contributed by atoms with Gasteiger partial charge in [0.05, 0.1) is 26.4 Å². The minimum Gasteiger partial charge on any atom is -0.457 e. The Kier molecular flexibility index (Phi) is 33.0. The Bertz CT molecular complexity index is 1060. The van der Waals surface area contributed by atoms with Gasteiger partial charge in [-0.15, -0.1) is 0 Å². The first-order valence-electron chi connectivity index (χ1n) is 24.3. The summed E-state index contributed by atoms with van der Waals surface area (Å²) in [5, 5.41) is 72.0. The molecule has 2 heterocycles. The van der Waals surface area contributed by atoms with E-state index in [1.165, 1.54) is 96.3 Å². The summed E-state index contributed by atoms with van der Waals surface area (Å²) in [5.41, 5.74) is 0. The van der Waals surface area contributed by atoms with Crippen molar-refractivity contribution in [3.8, 4) is 0 Å². The van der Waals surface area contributed by atoms with Crippen molar-refractivity contribution in [3.05, 3.63) is 12.2 Å². The molecule has 360 valence electrons. The van der Waals surface area contributed by atoms with Crippen LogP contribution in [-0.2, 0) is 33.2 Å². The lowest BCUT2D eigenvalue weighted by Gasteiger charge is -2.42. The van der Waals surface area contributed by atoms with Gasteiger partial charge in [-0.3, -0.25) is 4.79 Å². The van der Waals surface area contributed by atoms with E-state index >= 15 is 0 Å². The average Bonchev–Trinajstić information content (AvgIpc) is 3.25. The molecule has 0 aliphatic carbocycles. The molecule has 0 saturated carbocycles. The lowest BCUT2D eigenvalue weighted by molar-refractivity contribution is -0.332. The summed E-state index contributed by atoms with van der Waals surface area (Å²) in [6.07, 6.45) is 18.4. The molecule has 0 aromatic rings. The second kappa shape index (κ2) is 36.0. The maximum Gasteiger partial charge on any atom is 0.306 e. The highest BCUT2D eigenvalue weighted by atomic mass is 16.7. The van der Waals surface area contributed by atoms with Gasteiger partial charge in [-0.2, -0.15) is 0 Å². The van der Waals surface area contributed by atoms with E-state index < -0.39 is 80.7 Å². The molecule has 0 aromatic heterocycles. The molecule has 11 unspecified atom stereocenters. The fourth-order valence-electron chi connectivity index (χ4n) is 7.75. The molecule has 2 saturated heterocycles. The van der Waals surface area contributed by atoms with E-state index in [0.717, 1.165) is 57.8 Å². The molecule has 0 bridgehead atoms. The summed E-state index contributed by atoms with van der Waals surface area (Å²) < 4.78 is 34.2. The summed E-state index contributed by atoms with van der Waals surface area (Å²) in [7, 11) is 0. The highest BCUT2D eigenvalue weighted by molar-refractivity contribution is 5.69. The van der Waals surface area contributed by atoms with Crippen molar-refractivity contribution >= 4 is 5.97 Å². The van der Waals surface area contributed by atoms with Crippen LogP contribution >= 0.6 is 0 Å². The molecule has 11 atom stereocenters. The number of esters is 1. The number of carbonyl (C=O) groups is 1. The zero-order chi connectivity index (χ0) is 44.5. The van der Waals surface area contributed by atoms with Crippen molar-refractivity contribution in [1.29, 1.82) is 0 Å². The second-order valence-electron chi connectivity index (χ2n) is 17.3. The maximum atomic E-state index is 12.9. The van der Waals surface area contributed by atoms with Gasteiger partial charge >= 0.3 is 5.97 Å². The maximum absolute atomic E-state index is 12.9. The first-order valence-corrected chi connectivity index (χ1v) is 24.3. The predicted molar refractivity (Wildman–Crippen MR) is 234 cm³/mol. The van der Waals surface area contributed by atoms with Crippen molar-refractivity contribution < 1.29 is 69.0 Å². The van der Waals surface area contributed by atoms with E-state index in [4.69, 9.17) is 28.4 Å². The number of hydrogen-bond acceptors (Lipinski definition) is 14. The van der Waals surface area contributed by atoms with Crippen molar-refractivity contribution in [2.24, 2.45) is 0 Å². The van der Waals surface area contributed by atoms with Crippen LogP contribution in [-0.4, -0.2) is 142 Å². The van der Waals surface area contributed by atoms with Gasteiger partial charge in [0, 0.05) is 13.0 Å². The molecule has 61 heavy (non-hydrogen) atoms. The largest absolute Gasteiger partial charge is 0.457 e. The van der Waals surface area contributed by atoms with Crippen molar-refractivity contribution in [3.63, 3.8) is 0 Å². The van der Waals surface area contributed by atoms with Crippen molar-refractivity contribution in [2.75, 3.05) is 33.0 Å². The van der Waals surface area contributed by atoms with Gasteiger partial charge in [-0.25, -0.2) is 0 Å². The van der Waals surface area contributed by atoms with Crippen LogP contribution in [0.1, 0.15) is 181 Å². The Morgan fingerprint density at radius 2 is 0.967 bits per heavy atom.